The molecule has 0 unspecified atom stereocenters. The molecule has 0 spiro atoms. The first-order valence-electron chi connectivity index (χ1n) is 13.9. The average molecular weight is 563 g/mol. The third kappa shape index (κ3) is 6.53. The lowest BCUT2D eigenvalue weighted by molar-refractivity contribution is 0.0747. The minimum atomic E-state index is -3.90. The van der Waals surface area contributed by atoms with Gasteiger partial charge in [0.2, 0.25) is 0 Å². The van der Waals surface area contributed by atoms with Gasteiger partial charge in [-0.2, -0.15) is 0 Å². The molecule has 1 aliphatic carbocycles. The van der Waals surface area contributed by atoms with Gasteiger partial charge in [-0.1, -0.05) is 31.4 Å². The number of para-hydroxylation sites is 1. The maximum Gasteiger partial charge on any atom is 0.264 e. The van der Waals surface area contributed by atoms with Crippen LogP contribution >= 0.6 is 0 Å². The molecule has 3 aromatic carbocycles. The van der Waals surface area contributed by atoms with Gasteiger partial charge in [-0.05, 0) is 85.8 Å². The molecule has 2 aliphatic rings. The van der Waals surface area contributed by atoms with Crippen LogP contribution in [-0.2, 0) is 10.0 Å². The molecule has 5 rings (SSSR count). The van der Waals surface area contributed by atoms with Gasteiger partial charge in [0, 0.05) is 49.3 Å². The Morgan fingerprint density at radius 1 is 0.925 bits per heavy atom. The standard InChI is InChI=1S/C31H35FN4O3S/c1-23-6-5-9-29(30(23)33-22-24-7-3-2-4-8-24)40(38,39)34-27-14-10-25(11-15-27)31(37)36-20-18-35(19-21-36)28-16-12-26(32)13-17-28/h5-6,9-17,22,24,34H,2-4,7-8,18-21H2,1H3/b33-22-. The van der Waals surface area contributed by atoms with Crippen molar-refractivity contribution in [3.8, 4) is 0 Å². The van der Waals surface area contributed by atoms with E-state index in [4.69, 9.17) is 0 Å². The summed E-state index contributed by atoms with van der Waals surface area (Å²) in [5, 5.41) is 0. The molecule has 0 radical (unpaired) electrons. The maximum atomic E-state index is 13.4. The number of amides is 1. The number of carbonyl (C=O) groups is 1. The number of aliphatic imine (C=N–C) groups is 1. The molecule has 0 atom stereocenters. The Bertz CT molecular complexity index is 1460. The third-order valence-electron chi connectivity index (χ3n) is 7.70. The quantitative estimate of drug-likeness (QED) is 0.349. The van der Waals surface area contributed by atoms with Gasteiger partial charge in [0.1, 0.15) is 10.7 Å². The van der Waals surface area contributed by atoms with E-state index in [9.17, 15) is 17.6 Å². The molecule has 2 fully saturated rings. The van der Waals surface area contributed by atoms with Crippen molar-refractivity contribution in [2.45, 2.75) is 43.9 Å². The van der Waals surface area contributed by atoms with Gasteiger partial charge in [-0.15, -0.1) is 0 Å². The molecule has 40 heavy (non-hydrogen) atoms. The first kappa shape index (κ1) is 27.8. The summed E-state index contributed by atoms with van der Waals surface area (Å²) < 4.78 is 42.6. The van der Waals surface area contributed by atoms with E-state index in [1.165, 1.54) is 31.4 Å². The third-order valence-corrected chi connectivity index (χ3v) is 9.11. The first-order valence-corrected chi connectivity index (χ1v) is 15.3. The highest BCUT2D eigenvalue weighted by Gasteiger charge is 2.24. The van der Waals surface area contributed by atoms with Crippen LogP contribution in [0.5, 0.6) is 0 Å². The normalized spacial score (nSPS) is 16.9. The van der Waals surface area contributed by atoms with Crippen LogP contribution in [0.25, 0.3) is 0 Å². The Balaban J connectivity index is 1.23. The highest BCUT2D eigenvalue weighted by atomic mass is 32.2. The van der Waals surface area contributed by atoms with E-state index in [2.05, 4.69) is 14.6 Å². The van der Waals surface area contributed by atoms with E-state index in [-0.39, 0.29) is 16.6 Å². The summed E-state index contributed by atoms with van der Waals surface area (Å²) >= 11 is 0. The number of hydrogen-bond donors (Lipinski definition) is 1. The summed E-state index contributed by atoms with van der Waals surface area (Å²) in [6.07, 6.45) is 7.70. The number of benzene rings is 3. The lowest BCUT2D eigenvalue weighted by atomic mass is 9.90. The fourth-order valence-electron chi connectivity index (χ4n) is 5.37. The average Bonchev–Trinajstić information content (AvgIpc) is 2.97. The van der Waals surface area contributed by atoms with E-state index in [0.717, 1.165) is 24.1 Å². The van der Waals surface area contributed by atoms with Crippen molar-refractivity contribution in [1.29, 1.82) is 0 Å². The Kier molecular flexibility index (Phi) is 8.49. The Morgan fingerprint density at radius 3 is 2.27 bits per heavy atom. The topological polar surface area (TPSA) is 82.1 Å². The number of nitrogens with one attached hydrogen (secondary N) is 1. The highest BCUT2D eigenvalue weighted by molar-refractivity contribution is 7.92. The van der Waals surface area contributed by atoms with Crippen LogP contribution in [-0.4, -0.2) is 51.6 Å². The van der Waals surface area contributed by atoms with E-state index >= 15 is 0 Å². The molecule has 9 heteroatoms. The van der Waals surface area contributed by atoms with E-state index < -0.39 is 10.0 Å². The first-order chi connectivity index (χ1) is 19.3. The second kappa shape index (κ2) is 12.2. The summed E-state index contributed by atoms with van der Waals surface area (Å²) in [6.45, 7) is 4.26. The van der Waals surface area contributed by atoms with Crippen molar-refractivity contribution in [3.63, 3.8) is 0 Å². The van der Waals surface area contributed by atoms with E-state index in [1.807, 2.05) is 19.2 Å². The van der Waals surface area contributed by atoms with Crippen LogP contribution in [0.3, 0.4) is 0 Å². The van der Waals surface area contributed by atoms with E-state index in [0.29, 0.717) is 49.0 Å². The van der Waals surface area contributed by atoms with Gasteiger partial charge in [-0.25, -0.2) is 12.8 Å². The number of carbonyl (C=O) groups excluding carboxylic acids is 1. The number of hydrogen-bond acceptors (Lipinski definition) is 5. The molecule has 1 saturated carbocycles. The van der Waals surface area contributed by atoms with Gasteiger partial charge in [0.05, 0.1) is 5.69 Å². The van der Waals surface area contributed by atoms with Crippen molar-refractivity contribution in [2.24, 2.45) is 10.9 Å². The summed E-state index contributed by atoms with van der Waals surface area (Å²) in [6, 6.07) is 18.0. The minimum absolute atomic E-state index is 0.105. The SMILES string of the molecule is Cc1cccc(S(=O)(=O)Nc2ccc(C(=O)N3CCN(c4ccc(F)cc4)CC3)cc2)c1/N=C\C1CCCCC1. The number of aryl methyl sites for hydroxylation is 1. The van der Waals surface area contributed by atoms with Gasteiger partial charge >= 0.3 is 0 Å². The minimum Gasteiger partial charge on any atom is -0.368 e. The van der Waals surface area contributed by atoms with Crippen LogP contribution < -0.4 is 9.62 Å². The number of anilines is 2. The summed E-state index contributed by atoms with van der Waals surface area (Å²) in [5.74, 6) is 0.00445. The van der Waals surface area contributed by atoms with E-state index in [1.54, 1.807) is 53.4 Å². The monoisotopic (exact) mass is 562 g/mol. The molecular weight excluding hydrogens is 527 g/mol. The fourth-order valence-corrected chi connectivity index (χ4v) is 6.65. The predicted molar refractivity (Wildman–Crippen MR) is 158 cm³/mol. The largest absolute Gasteiger partial charge is 0.368 e. The molecular formula is C31H35FN4O3S. The van der Waals surface area contributed by atoms with Crippen LogP contribution in [0, 0.1) is 18.7 Å². The van der Waals surface area contributed by atoms with Crippen molar-refractivity contribution >= 4 is 39.2 Å². The molecule has 0 bridgehead atoms. The second-order valence-electron chi connectivity index (χ2n) is 10.5. The number of sulfonamides is 1. The lowest BCUT2D eigenvalue weighted by Crippen LogP contribution is -2.48. The van der Waals surface area contributed by atoms with Gasteiger partial charge in [0.25, 0.3) is 15.9 Å². The summed E-state index contributed by atoms with van der Waals surface area (Å²) in [7, 11) is -3.90. The molecule has 3 aromatic rings. The molecule has 1 aliphatic heterocycles. The number of rotatable bonds is 7. The lowest BCUT2D eigenvalue weighted by Gasteiger charge is -2.36. The molecule has 0 aromatic heterocycles. The summed E-state index contributed by atoms with van der Waals surface area (Å²) in [4.78, 5) is 21.8. The van der Waals surface area contributed by atoms with Crippen molar-refractivity contribution in [2.75, 3.05) is 35.8 Å². The van der Waals surface area contributed by atoms with Gasteiger partial charge in [0.15, 0.2) is 0 Å². The maximum absolute atomic E-state index is 13.4. The Morgan fingerprint density at radius 2 is 1.60 bits per heavy atom. The smallest absolute Gasteiger partial charge is 0.264 e. The zero-order valence-electron chi connectivity index (χ0n) is 22.7. The van der Waals surface area contributed by atoms with Crippen LogP contribution in [0.1, 0.15) is 48.0 Å². The number of nitrogens with zero attached hydrogens (tertiary/aromatic N) is 3. The molecule has 1 N–H and O–H groups in total. The summed E-state index contributed by atoms with van der Waals surface area (Å²) in [5.41, 5.74) is 3.07. The van der Waals surface area contributed by atoms with Crippen molar-refractivity contribution in [1.82, 2.24) is 4.90 Å². The van der Waals surface area contributed by atoms with Crippen LogP contribution in [0.4, 0.5) is 21.5 Å². The fraction of sp³-hybridized carbons (Fsp3) is 0.355. The molecule has 1 amide bonds. The zero-order valence-corrected chi connectivity index (χ0v) is 23.5. The number of piperazine rings is 1. The number of halogens is 1. The Labute approximate surface area is 235 Å². The molecule has 210 valence electrons. The molecule has 1 heterocycles. The van der Waals surface area contributed by atoms with Crippen LogP contribution in [0.15, 0.2) is 76.6 Å². The highest BCUT2D eigenvalue weighted by Crippen LogP contribution is 2.31. The Hall–Kier alpha value is -3.72. The van der Waals surface area contributed by atoms with Gasteiger partial charge < -0.3 is 9.80 Å². The van der Waals surface area contributed by atoms with Crippen molar-refractivity contribution in [3.05, 3.63) is 83.7 Å². The predicted octanol–water partition coefficient (Wildman–Crippen LogP) is 6.18. The van der Waals surface area contributed by atoms with Gasteiger partial charge in [-0.3, -0.25) is 14.5 Å². The van der Waals surface area contributed by atoms with Crippen molar-refractivity contribution < 1.29 is 17.6 Å². The second-order valence-corrected chi connectivity index (χ2v) is 12.2. The van der Waals surface area contributed by atoms with Crippen LogP contribution in [0.2, 0.25) is 0 Å². The zero-order chi connectivity index (χ0) is 28.1. The molecule has 1 saturated heterocycles. The molecule has 7 nitrogen and oxygen atoms in total.